The molecule has 0 saturated heterocycles. The number of hydrogen-bond donors (Lipinski definition) is 1. The van der Waals surface area contributed by atoms with Gasteiger partial charge in [-0.3, -0.25) is 4.98 Å². The summed E-state index contributed by atoms with van der Waals surface area (Å²) in [5, 5.41) is 6.89. The Balaban J connectivity index is 3.09. The smallest absolute Gasteiger partial charge is 0.0811 e. The van der Waals surface area contributed by atoms with Gasteiger partial charge in [0.15, 0.2) is 0 Å². The molecule has 0 amide bonds. The van der Waals surface area contributed by atoms with Crippen LogP contribution in [0.1, 0.15) is 11.3 Å². The highest BCUT2D eigenvalue weighted by Crippen LogP contribution is 1.99. The minimum atomic E-state index is 0.664. The quantitative estimate of drug-likeness (QED) is 0.611. The van der Waals surface area contributed by atoms with Crippen molar-refractivity contribution in [2.45, 2.75) is 0 Å². The summed E-state index contributed by atoms with van der Waals surface area (Å²) in [6, 6.07) is 3.65. The first-order valence-corrected chi connectivity index (χ1v) is 2.96. The maximum absolute atomic E-state index is 6.89. The van der Waals surface area contributed by atoms with Crippen LogP contribution in [0, 0.1) is 5.41 Å². The second-order valence-electron chi connectivity index (χ2n) is 1.86. The van der Waals surface area contributed by atoms with E-state index in [1.54, 1.807) is 18.3 Å². The van der Waals surface area contributed by atoms with E-state index in [9.17, 15) is 0 Å². The molecule has 0 aromatic carbocycles. The predicted molar refractivity (Wildman–Crippen MR) is 42.2 cm³/mol. The van der Waals surface area contributed by atoms with E-state index in [4.69, 9.17) is 5.41 Å². The van der Waals surface area contributed by atoms with E-state index < -0.39 is 0 Å². The average molecular weight is 132 g/mol. The van der Waals surface area contributed by atoms with E-state index >= 15 is 0 Å². The standard InChI is InChI=1S/C8H8N2/c1-2-7-3-4-10-8(5-7)6-9/h2-6,9H,1H2. The van der Waals surface area contributed by atoms with Gasteiger partial charge in [-0.2, -0.15) is 0 Å². The van der Waals surface area contributed by atoms with Crippen LogP contribution in [-0.4, -0.2) is 11.2 Å². The highest BCUT2D eigenvalue weighted by atomic mass is 14.7. The van der Waals surface area contributed by atoms with Gasteiger partial charge in [0.05, 0.1) is 5.69 Å². The molecule has 0 saturated carbocycles. The fraction of sp³-hybridized carbons (Fsp3) is 0. The second-order valence-corrected chi connectivity index (χ2v) is 1.86. The van der Waals surface area contributed by atoms with Gasteiger partial charge in [0.1, 0.15) is 0 Å². The Morgan fingerprint density at radius 2 is 2.40 bits per heavy atom. The molecule has 1 aromatic rings. The lowest BCUT2D eigenvalue weighted by Gasteiger charge is -1.91. The van der Waals surface area contributed by atoms with Gasteiger partial charge in [-0.25, -0.2) is 0 Å². The first-order chi connectivity index (χ1) is 4.86. The average Bonchev–Trinajstić information content (AvgIpc) is 2.05. The molecule has 0 aliphatic carbocycles. The topological polar surface area (TPSA) is 36.7 Å². The SMILES string of the molecule is C=Cc1ccnc(C=N)c1. The Morgan fingerprint density at radius 3 is 3.00 bits per heavy atom. The number of rotatable bonds is 2. The van der Waals surface area contributed by atoms with E-state index in [1.807, 2.05) is 6.07 Å². The van der Waals surface area contributed by atoms with Crippen LogP contribution >= 0.6 is 0 Å². The molecule has 0 aliphatic rings. The molecule has 50 valence electrons. The zero-order chi connectivity index (χ0) is 7.40. The number of aromatic nitrogens is 1. The second kappa shape index (κ2) is 2.92. The van der Waals surface area contributed by atoms with Gasteiger partial charge in [-0.05, 0) is 17.7 Å². The molecule has 1 rings (SSSR count). The molecule has 0 fully saturated rings. The minimum absolute atomic E-state index is 0.664. The normalized spacial score (nSPS) is 8.80. The molecular formula is C8H8N2. The van der Waals surface area contributed by atoms with E-state index in [2.05, 4.69) is 11.6 Å². The van der Waals surface area contributed by atoms with Gasteiger partial charge in [0.2, 0.25) is 0 Å². The lowest BCUT2D eigenvalue weighted by molar-refractivity contribution is 1.29. The van der Waals surface area contributed by atoms with Crippen molar-refractivity contribution < 1.29 is 0 Å². The van der Waals surface area contributed by atoms with Gasteiger partial charge in [-0.1, -0.05) is 12.7 Å². The molecule has 1 N–H and O–H groups in total. The summed E-state index contributed by atoms with van der Waals surface area (Å²) >= 11 is 0. The van der Waals surface area contributed by atoms with Crippen molar-refractivity contribution >= 4 is 12.3 Å². The van der Waals surface area contributed by atoms with Crippen molar-refractivity contribution in [2.24, 2.45) is 0 Å². The molecule has 0 unspecified atom stereocenters. The Labute approximate surface area is 59.7 Å². The molecule has 2 heteroatoms. The molecule has 2 nitrogen and oxygen atoms in total. The maximum Gasteiger partial charge on any atom is 0.0811 e. The highest BCUT2D eigenvalue weighted by Gasteiger charge is 1.87. The van der Waals surface area contributed by atoms with Gasteiger partial charge in [0.25, 0.3) is 0 Å². The summed E-state index contributed by atoms with van der Waals surface area (Å²) in [5.41, 5.74) is 1.66. The highest BCUT2D eigenvalue weighted by molar-refractivity contribution is 5.75. The van der Waals surface area contributed by atoms with Crippen LogP contribution in [0.15, 0.2) is 24.9 Å². The Kier molecular flexibility index (Phi) is 1.95. The molecule has 10 heavy (non-hydrogen) atoms. The van der Waals surface area contributed by atoms with Crippen LogP contribution in [0.4, 0.5) is 0 Å². The van der Waals surface area contributed by atoms with Gasteiger partial charge < -0.3 is 5.41 Å². The van der Waals surface area contributed by atoms with Gasteiger partial charge >= 0.3 is 0 Å². The van der Waals surface area contributed by atoms with Gasteiger partial charge in [-0.15, -0.1) is 0 Å². The zero-order valence-electron chi connectivity index (χ0n) is 5.54. The summed E-state index contributed by atoms with van der Waals surface area (Å²) in [7, 11) is 0. The van der Waals surface area contributed by atoms with Gasteiger partial charge in [0, 0.05) is 12.4 Å². The first-order valence-electron chi connectivity index (χ1n) is 2.96. The van der Waals surface area contributed by atoms with Crippen LogP contribution in [0.3, 0.4) is 0 Å². The molecule has 1 aromatic heterocycles. The minimum Gasteiger partial charge on any atom is -0.307 e. The van der Waals surface area contributed by atoms with Crippen LogP contribution in [-0.2, 0) is 0 Å². The van der Waals surface area contributed by atoms with Crippen LogP contribution < -0.4 is 0 Å². The maximum atomic E-state index is 6.89. The van der Waals surface area contributed by atoms with Crippen molar-refractivity contribution in [3.63, 3.8) is 0 Å². The van der Waals surface area contributed by atoms with E-state index in [-0.39, 0.29) is 0 Å². The third kappa shape index (κ3) is 1.29. The molecule has 0 radical (unpaired) electrons. The van der Waals surface area contributed by atoms with Crippen molar-refractivity contribution in [1.82, 2.24) is 4.98 Å². The first kappa shape index (κ1) is 6.68. The molecule has 0 atom stereocenters. The molecule has 1 heterocycles. The van der Waals surface area contributed by atoms with Crippen LogP contribution in [0.5, 0.6) is 0 Å². The van der Waals surface area contributed by atoms with Crippen LogP contribution in [0.25, 0.3) is 6.08 Å². The monoisotopic (exact) mass is 132 g/mol. The number of pyridine rings is 1. The summed E-state index contributed by atoms with van der Waals surface area (Å²) in [5.74, 6) is 0. The summed E-state index contributed by atoms with van der Waals surface area (Å²) < 4.78 is 0. The van der Waals surface area contributed by atoms with Crippen molar-refractivity contribution in [3.8, 4) is 0 Å². The number of hydrogen-bond acceptors (Lipinski definition) is 2. The molecular weight excluding hydrogens is 124 g/mol. The van der Waals surface area contributed by atoms with Crippen molar-refractivity contribution in [2.75, 3.05) is 0 Å². The Morgan fingerprint density at radius 1 is 1.60 bits per heavy atom. The third-order valence-corrected chi connectivity index (χ3v) is 1.19. The molecule has 0 spiro atoms. The number of nitrogens with one attached hydrogen (secondary N) is 1. The molecule has 0 bridgehead atoms. The lowest BCUT2D eigenvalue weighted by Crippen LogP contribution is -1.85. The van der Waals surface area contributed by atoms with Crippen molar-refractivity contribution in [3.05, 3.63) is 36.2 Å². The fourth-order valence-electron chi connectivity index (χ4n) is 0.671. The summed E-state index contributed by atoms with van der Waals surface area (Å²) in [6.07, 6.45) is 4.61. The zero-order valence-corrected chi connectivity index (χ0v) is 5.54. The lowest BCUT2D eigenvalue weighted by atomic mass is 10.2. The van der Waals surface area contributed by atoms with E-state index in [1.165, 1.54) is 6.21 Å². The van der Waals surface area contributed by atoms with Crippen LogP contribution in [0.2, 0.25) is 0 Å². The van der Waals surface area contributed by atoms with E-state index in [0.29, 0.717) is 5.69 Å². The Bertz CT molecular complexity index is 230. The Hall–Kier alpha value is -1.44. The van der Waals surface area contributed by atoms with Crippen molar-refractivity contribution in [1.29, 1.82) is 5.41 Å². The van der Waals surface area contributed by atoms with E-state index in [0.717, 1.165) is 5.56 Å². The fourth-order valence-corrected chi connectivity index (χ4v) is 0.671. The predicted octanol–water partition coefficient (Wildman–Crippen LogP) is 1.72. The molecule has 0 aliphatic heterocycles. The third-order valence-electron chi connectivity index (χ3n) is 1.19. The largest absolute Gasteiger partial charge is 0.307 e. The summed E-state index contributed by atoms with van der Waals surface area (Å²) in [4.78, 5) is 3.92. The number of nitrogens with zero attached hydrogens (tertiary/aromatic N) is 1. The summed E-state index contributed by atoms with van der Waals surface area (Å²) in [6.45, 7) is 3.60.